The van der Waals surface area contributed by atoms with Crippen LogP contribution in [0, 0.1) is 5.41 Å². The van der Waals surface area contributed by atoms with E-state index in [2.05, 4.69) is 49.9 Å². The van der Waals surface area contributed by atoms with E-state index >= 15 is 0 Å². The van der Waals surface area contributed by atoms with E-state index in [1.54, 1.807) is 0 Å². The van der Waals surface area contributed by atoms with E-state index in [0.29, 0.717) is 11.6 Å². The molecule has 1 N–H and O–H groups in total. The van der Waals surface area contributed by atoms with Crippen molar-refractivity contribution in [3.63, 3.8) is 0 Å². The number of anilines is 1. The monoisotopic (exact) mass is 437 g/mol. The van der Waals surface area contributed by atoms with Crippen LogP contribution in [-0.2, 0) is 9.53 Å². The predicted octanol–water partition coefficient (Wildman–Crippen LogP) is 6.31. The summed E-state index contributed by atoms with van der Waals surface area (Å²) in [4.78, 5) is 13.9. The van der Waals surface area contributed by atoms with Gasteiger partial charge in [0.25, 0.3) is 0 Å². The van der Waals surface area contributed by atoms with Crippen molar-refractivity contribution in [1.82, 2.24) is 0 Å². The van der Waals surface area contributed by atoms with Crippen molar-refractivity contribution in [2.75, 3.05) is 18.0 Å². The first kappa shape index (κ1) is 21.7. The summed E-state index contributed by atoms with van der Waals surface area (Å²) >= 11 is 6.43. The fraction of sp³-hybridized carbons (Fsp3) is 0.346. The van der Waals surface area contributed by atoms with Gasteiger partial charge in [0.15, 0.2) is 0 Å². The van der Waals surface area contributed by atoms with Crippen LogP contribution in [-0.4, -0.2) is 30.3 Å². The molecule has 0 aromatic heterocycles. The lowest BCUT2D eigenvalue weighted by molar-refractivity contribution is -0.140. The van der Waals surface area contributed by atoms with Crippen LogP contribution in [0.4, 0.5) is 5.69 Å². The van der Waals surface area contributed by atoms with Gasteiger partial charge in [0.2, 0.25) is 0 Å². The summed E-state index contributed by atoms with van der Waals surface area (Å²) in [7, 11) is 0. The number of fused-ring (bicyclic) bond motifs is 2. The highest BCUT2D eigenvalue weighted by atomic mass is 35.5. The normalized spacial score (nSPS) is 19.2. The minimum atomic E-state index is -0.860. The summed E-state index contributed by atoms with van der Waals surface area (Å²) in [5.74, 6) is -0.860. The molecule has 5 heteroatoms. The highest BCUT2D eigenvalue weighted by Gasteiger charge is 2.33. The lowest BCUT2D eigenvalue weighted by atomic mass is 9.93. The van der Waals surface area contributed by atoms with Gasteiger partial charge in [-0.3, -0.25) is 4.79 Å². The average molecular weight is 438 g/mol. The van der Waals surface area contributed by atoms with E-state index in [1.807, 2.05) is 36.4 Å². The number of carbonyl (C=O) groups is 1. The van der Waals surface area contributed by atoms with Gasteiger partial charge in [-0.25, -0.2) is 0 Å². The number of hydrogen-bond donors (Lipinski definition) is 1. The molecule has 1 heterocycles. The fourth-order valence-corrected chi connectivity index (χ4v) is 4.61. The molecule has 0 aliphatic carbocycles. The van der Waals surface area contributed by atoms with E-state index < -0.39 is 18.2 Å². The SMILES string of the molecule is CC(C)(C)CN1C[C@H](CC(=O)O)O[C@@H](c2cccc3ccccc23)c2cc(Cl)ccc21. The van der Waals surface area contributed by atoms with E-state index in [0.717, 1.165) is 34.1 Å². The smallest absolute Gasteiger partial charge is 0.306 e. The summed E-state index contributed by atoms with van der Waals surface area (Å²) in [5, 5.41) is 12.4. The van der Waals surface area contributed by atoms with Crippen molar-refractivity contribution in [1.29, 1.82) is 0 Å². The van der Waals surface area contributed by atoms with Crippen LogP contribution in [0.1, 0.15) is 44.4 Å². The van der Waals surface area contributed by atoms with Gasteiger partial charge in [-0.15, -0.1) is 0 Å². The number of ether oxygens (including phenoxy) is 1. The minimum absolute atomic E-state index is 0.0317. The van der Waals surface area contributed by atoms with E-state index in [4.69, 9.17) is 16.3 Å². The first-order chi connectivity index (χ1) is 14.7. The van der Waals surface area contributed by atoms with Gasteiger partial charge in [-0.1, -0.05) is 74.8 Å². The quantitative estimate of drug-likeness (QED) is 0.519. The van der Waals surface area contributed by atoms with Gasteiger partial charge < -0.3 is 14.7 Å². The molecule has 0 fully saturated rings. The molecule has 0 amide bonds. The van der Waals surface area contributed by atoms with Crippen molar-refractivity contribution in [3.05, 3.63) is 76.8 Å². The van der Waals surface area contributed by atoms with E-state index in [9.17, 15) is 9.90 Å². The molecule has 4 rings (SSSR count). The number of aliphatic carboxylic acids is 1. The second-order valence-electron chi connectivity index (χ2n) is 9.45. The van der Waals surface area contributed by atoms with Crippen molar-refractivity contribution < 1.29 is 14.6 Å². The summed E-state index contributed by atoms with van der Waals surface area (Å²) in [6.45, 7) is 7.84. The molecule has 4 nitrogen and oxygen atoms in total. The molecule has 1 aliphatic rings. The molecule has 2 atom stereocenters. The fourth-order valence-electron chi connectivity index (χ4n) is 4.43. The number of carboxylic acid groups (broad SMARTS) is 1. The maximum atomic E-state index is 11.6. The van der Waals surface area contributed by atoms with Crippen LogP contribution in [0.15, 0.2) is 60.7 Å². The van der Waals surface area contributed by atoms with Crippen molar-refractivity contribution >= 4 is 34.0 Å². The Kier molecular flexibility index (Phi) is 5.96. The minimum Gasteiger partial charge on any atom is -0.481 e. The molecule has 0 saturated carbocycles. The van der Waals surface area contributed by atoms with Crippen molar-refractivity contribution in [3.8, 4) is 0 Å². The Hall–Kier alpha value is -2.56. The summed E-state index contributed by atoms with van der Waals surface area (Å²) in [6.07, 6.45) is -0.909. The number of rotatable bonds is 4. The molecule has 0 saturated heterocycles. The van der Waals surface area contributed by atoms with Crippen LogP contribution in [0.25, 0.3) is 10.8 Å². The molecule has 1 aliphatic heterocycles. The molecular formula is C26H28ClNO3. The largest absolute Gasteiger partial charge is 0.481 e. The standard InChI is InChI=1S/C26H28ClNO3/c1-26(2,3)16-28-15-19(14-24(29)30)31-25(22-13-18(27)11-12-23(22)28)21-10-6-8-17-7-4-5-9-20(17)21/h4-13,19,25H,14-16H2,1-3H3,(H,29,30)/t19-,25-/m0/s1. The lowest BCUT2D eigenvalue weighted by Crippen LogP contribution is -2.38. The zero-order chi connectivity index (χ0) is 22.2. The third-order valence-electron chi connectivity index (χ3n) is 5.54. The first-order valence-electron chi connectivity index (χ1n) is 10.6. The number of carboxylic acids is 1. The molecule has 3 aromatic carbocycles. The zero-order valence-electron chi connectivity index (χ0n) is 18.1. The summed E-state index contributed by atoms with van der Waals surface area (Å²) in [5.41, 5.74) is 3.07. The molecular weight excluding hydrogens is 410 g/mol. The van der Waals surface area contributed by atoms with Crippen LogP contribution >= 0.6 is 11.6 Å². The molecule has 3 aromatic rings. The van der Waals surface area contributed by atoms with Crippen LogP contribution in [0.3, 0.4) is 0 Å². The van der Waals surface area contributed by atoms with Gasteiger partial charge >= 0.3 is 5.97 Å². The Morgan fingerprint density at radius 3 is 2.58 bits per heavy atom. The van der Waals surface area contributed by atoms with Crippen molar-refractivity contribution in [2.24, 2.45) is 5.41 Å². The van der Waals surface area contributed by atoms with Crippen molar-refractivity contribution in [2.45, 2.75) is 39.4 Å². The van der Waals surface area contributed by atoms with Crippen LogP contribution in [0.5, 0.6) is 0 Å². The molecule has 0 radical (unpaired) electrons. The molecule has 0 unspecified atom stereocenters. The number of nitrogens with zero attached hydrogens (tertiary/aromatic N) is 1. The second kappa shape index (κ2) is 8.52. The molecule has 0 spiro atoms. The lowest BCUT2D eigenvalue weighted by Gasteiger charge is -2.33. The molecule has 162 valence electrons. The Balaban J connectivity index is 1.90. The maximum Gasteiger partial charge on any atom is 0.306 e. The zero-order valence-corrected chi connectivity index (χ0v) is 18.9. The highest BCUT2D eigenvalue weighted by molar-refractivity contribution is 6.30. The second-order valence-corrected chi connectivity index (χ2v) is 9.89. The summed E-state index contributed by atoms with van der Waals surface area (Å²) in [6, 6.07) is 20.3. The van der Waals surface area contributed by atoms with E-state index in [1.165, 1.54) is 0 Å². The third kappa shape index (κ3) is 4.86. The Labute approximate surface area is 188 Å². The topological polar surface area (TPSA) is 49.8 Å². The number of halogens is 1. The average Bonchev–Trinajstić information content (AvgIpc) is 2.82. The van der Waals surface area contributed by atoms with Gasteiger partial charge in [-0.05, 0) is 39.9 Å². The van der Waals surface area contributed by atoms with Gasteiger partial charge in [-0.2, -0.15) is 0 Å². The Bertz CT molecular complexity index is 1100. The maximum absolute atomic E-state index is 11.6. The highest BCUT2D eigenvalue weighted by Crippen LogP contribution is 2.42. The Morgan fingerprint density at radius 1 is 1.10 bits per heavy atom. The van der Waals surface area contributed by atoms with Gasteiger partial charge in [0.1, 0.15) is 6.10 Å². The predicted molar refractivity (Wildman–Crippen MR) is 126 cm³/mol. The summed E-state index contributed by atoms with van der Waals surface area (Å²) < 4.78 is 6.56. The molecule has 31 heavy (non-hydrogen) atoms. The van der Waals surface area contributed by atoms with Crippen LogP contribution < -0.4 is 4.90 Å². The van der Waals surface area contributed by atoms with Gasteiger partial charge in [0, 0.05) is 29.4 Å². The number of benzene rings is 3. The molecule has 0 bridgehead atoms. The third-order valence-corrected chi connectivity index (χ3v) is 5.77. The first-order valence-corrected chi connectivity index (χ1v) is 11.0. The van der Waals surface area contributed by atoms with Crippen LogP contribution in [0.2, 0.25) is 5.02 Å². The Morgan fingerprint density at radius 2 is 1.84 bits per heavy atom. The van der Waals surface area contributed by atoms with Gasteiger partial charge in [0.05, 0.1) is 12.5 Å². The number of hydrogen-bond acceptors (Lipinski definition) is 3. The van der Waals surface area contributed by atoms with E-state index in [-0.39, 0.29) is 11.8 Å².